The first-order valence-corrected chi connectivity index (χ1v) is 15.4. The Hall–Kier alpha value is -2.67. The summed E-state index contributed by atoms with van der Waals surface area (Å²) >= 11 is 0. The molecule has 1 fully saturated rings. The first-order valence-electron chi connectivity index (χ1n) is 15.4. The van der Waals surface area contributed by atoms with Gasteiger partial charge in [0.2, 0.25) is 11.8 Å². The molecule has 7 heteroatoms. The van der Waals surface area contributed by atoms with E-state index < -0.39 is 6.04 Å². The Morgan fingerprint density at radius 1 is 0.975 bits per heavy atom. The summed E-state index contributed by atoms with van der Waals surface area (Å²) in [7, 11) is 1.78. The second-order valence-electron chi connectivity index (χ2n) is 12.7. The molecule has 1 aromatic rings. The maximum atomic E-state index is 13.8. The standard InChI is InChI=1S/C33H52N4O3/c1-21(2)29(20-24(7)31(38)34-27-17-13-15-25-14-9-10-16-26(25)27)36(8)33(40)30(22(3)4)35-32(39)28-18-11-12-19-37(28)23(5)6/h13,15,17,20-23,28-30H,9-12,14,16,18-19H2,1-8H3,(H,34,38)(H,35,39)/t28?,29-,30+/m1/s1. The van der Waals surface area contributed by atoms with Gasteiger partial charge in [0.25, 0.3) is 5.91 Å². The summed E-state index contributed by atoms with van der Waals surface area (Å²) in [6.45, 7) is 15.0. The molecule has 1 unspecified atom stereocenters. The van der Waals surface area contributed by atoms with Crippen LogP contribution in [-0.2, 0) is 27.2 Å². The molecule has 7 nitrogen and oxygen atoms in total. The van der Waals surface area contributed by atoms with E-state index in [0.29, 0.717) is 5.57 Å². The number of piperidine rings is 1. The van der Waals surface area contributed by atoms with Crippen molar-refractivity contribution >= 4 is 23.4 Å². The number of carbonyl (C=O) groups is 3. The molecule has 40 heavy (non-hydrogen) atoms. The van der Waals surface area contributed by atoms with E-state index in [4.69, 9.17) is 0 Å². The summed E-state index contributed by atoms with van der Waals surface area (Å²) in [4.78, 5) is 44.5. The minimum Gasteiger partial charge on any atom is -0.343 e. The number of benzene rings is 1. The molecule has 0 bridgehead atoms. The van der Waals surface area contributed by atoms with E-state index in [1.165, 1.54) is 17.5 Å². The molecule has 3 atom stereocenters. The minimum atomic E-state index is -0.631. The van der Waals surface area contributed by atoms with Crippen LogP contribution in [0.2, 0.25) is 0 Å². The lowest BCUT2D eigenvalue weighted by atomic mass is 9.90. The molecule has 0 saturated carbocycles. The highest BCUT2D eigenvalue weighted by molar-refractivity contribution is 6.04. The van der Waals surface area contributed by atoms with Crippen LogP contribution in [0.15, 0.2) is 29.8 Å². The van der Waals surface area contributed by atoms with Gasteiger partial charge in [-0.15, -0.1) is 0 Å². The van der Waals surface area contributed by atoms with Crippen LogP contribution in [0.4, 0.5) is 5.69 Å². The highest BCUT2D eigenvalue weighted by atomic mass is 16.2. The van der Waals surface area contributed by atoms with Crippen molar-refractivity contribution in [3.8, 4) is 0 Å². The number of likely N-dealkylation sites (tertiary alicyclic amines) is 1. The van der Waals surface area contributed by atoms with Gasteiger partial charge in [0.05, 0.1) is 12.1 Å². The molecule has 1 aliphatic heterocycles. The van der Waals surface area contributed by atoms with Crippen LogP contribution in [0.25, 0.3) is 0 Å². The number of fused-ring (bicyclic) bond motifs is 1. The monoisotopic (exact) mass is 552 g/mol. The lowest BCUT2D eigenvalue weighted by Crippen LogP contribution is -2.58. The van der Waals surface area contributed by atoms with Gasteiger partial charge in [0.1, 0.15) is 6.04 Å². The molecule has 1 aromatic carbocycles. The molecule has 0 spiro atoms. The number of hydrogen-bond donors (Lipinski definition) is 2. The average molecular weight is 553 g/mol. The lowest BCUT2D eigenvalue weighted by molar-refractivity contribution is -0.140. The smallest absolute Gasteiger partial charge is 0.251 e. The highest BCUT2D eigenvalue weighted by Crippen LogP contribution is 2.28. The maximum absolute atomic E-state index is 13.8. The molecular weight excluding hydrogens is 500 g/mol. The molecule has 1 heterocycles. The highest BCUT2D eigenvalue weighted by Gasteiger charge is 2.36. The van der Waals surface area contributed by atoms with Gasteiger partial charge in [-0.1, -0.05) is 52.3 Å². The second kappa shape index (κ2) is 14.3. The Balaban J connectivity index is 1.74. The quantitative estimate of drug-likeness (QED) is 0.384. The predicted molar refractivity (Wildman–Crippen MR) is 163 cm³/mol. The van der Waals surface area contributed by atoms with Gasteiger partial charge >= 0.3 is 0 Å². The van der Waals surface area contributed by atoms with Gasteiger partial charge < -0.3 is 15.5 Å². The first-order chi connectivity index (χ1) is 18.9. The summed E-state index contributed by atoms with van der Waals surface area (Å²) in [5.41, 5.74) is 4.03. The molecule has 222 valence electrons. The molecule has 2 aliphatic rings. The van der Waals surface area contributed by atoms with E-state index >= 15 is 0 Å². The van der Waals surface area contributed by atoms with E-state index in [0.717, 1.165) is 50.8 Å². The van der Waals surface area contributed by atoms with E-state index in [2.05, 4.69) is 49.3 Å². The Morgan fingerprint density at radius 2 is 1.68 bits per heavy atom. The maximum Gasteiger partial charge on any atom is 0.251 e. The SMILES string of the molecule is CC(=C[C@H](C(C)C)N(C)C(=O)[C@@H](NC(=O)C1CCCCN1C(C)C)C(C)C)C(=O)Nc1cccc2c1CCCC2. The summed E-state index contributed by atoms with van der Waals surface area (Å²) in [5, 5.41) is 6.24. The zero-order valence-electron chi connectivity index (χ0n) is 26.0. The average Bonchev–Trinajstić information content (AvgIpc) is 2.93. The van der Waals surface area contributed by atoms with Gasteiger partial charge in [-0.05, 0) is 94.9 Å². The van der Waals surface area contributed by atoms with E-state index in [1.807, 2.05) is 39.0 Å². The van der Waals surface area contributed by atoms with E-state index in [1.54, 1.807) is 11.9 Å². The van der Waals surface area contributed by atoms with Crippen molar-refractivity contribution in [3.05, 3.63) is 41.0 Å². The number of aryl methyl sites for hydroxylation is 1. The van der Waals surface area contributed by atoms with Crippen molar-refractivity contribution < 1.29 is 14.4 Å². The molecular formula is C33H52N4O3. The number of amides is 3. The summed E-state index contributed by atoms with van der Waals surface area (Å²) in [5.74, 6) is -0.326. The summed E-state index contributed by atoms with van der Waals surface area (Å²) in [6, 6.07) is 5.29. The van der Waals surface area contributed by atoms with Crippen molar-refractivity contribution in [2.24, 2.45) is 11.8 Å². The van der Waals surface area contributed by atoms with Crippen molar-refractivity contribution in [3.63, 3.8) is 0 Å². The third kappa shape index (κ3) is 7.74. The minimum absolute atomic E-state index is 0.0627. The molecule has 1 saturated heterocycles. The molecule has 3 amide bonds. The largest absolute Gasteiger partial charge is 0.343 e. The summed E-state index contributed by atoms with van der Waals surface area (Å²) in [6.07, 6.45) is 9.20. The van der Waals surface area contributed by atoms with Crippen LogP contribution in [0.3, 0.4) is 0 Å². The fourth-order valence-corrected chi connectivity index (χ4v) is 6.19. The normalized spacial score (nSPS) is 19.8. The number of rotatable bonds is 10. The van der Waals surface area contributed by atoms with Gasteiger partial charge in [0.15, 0.2) is 0 Å². The summed E-state index contributed by atoms with van der Waals surface area (Å²) < 4.78 is 0. The zero-order chi connectivity index (χ0) is 29.6. The van der Waals surface area contributed by atoms with Crippen molar-refractivity contribution in [1.82, 2.24) is 15.1 Å². The number of likely N-dealkylation sites (N-methyl/N-ethyl adjacent to an activating group) is 1. The number of anilines is 1. The number of nitrogens with zero attached hydrogens (tertiary/aromatic N) is 2. The van der Waals surface area contributed by atoms with Crippen molar-refractivity contribution in [2.45, 2.75) is 118 Å². The molecule has 2 N–H and O–H groups in total. The number of carbonyl (C=O) groups excluding carboxylic acids is 3. The van der Waals surface area contributed by atoms with Crippen LogP contribution in [0, 0.1) is 11.8 Å². The Kier molecular flexibility index (Phi) is 11.4. The molecule has 0 aromatic heterocycles. The number of hydrogen-bond acceptors (Lipinski definition) is 4. The van der Waals surface area contributed by atoms with Gasteiger partial charge in [-0.25, -0.2) is 0 Å². The third-order valence-electron chi connectivity index (χ3n) is 8.64. The first kappa shape index (κ1) is 31.9. The van der Waals surface area contributed by atoms with Gasteiger partial charge in [0, 0.05) is 24.4 Å². The van der Waals surface area contributed by atoms with Crippen LogP contribution in [0.1, 0.15) is 91.7 Å². The van der Waals surface area contributed by atoms with Gasteiger partial charge in [-0.3, -0.25) is 19.3 Å². The topological polar surface area (TPSA) is 81.8 Å². The van der Waals surface area contributed by atoms with Crippen LogP contribution < -0.4 is 10.6 Å². The molecule has 0 radical (unpaired) electrons. The van der Waals surface area contributed by atoms with E-state index in [9.17, 15) is 14.4 Å². The van der Waals surface area contributed by atoms with Crippen LogP contribution in [-0.4, -0.2) is 65.3 Å². The predicted octanol–water partition coefficient (Wildman–Crippen LogP) is 5.34. The van der Waals surface area contributed by atoms with Crippen LogP contribution in [0.5, 0.6) is 0 Å². The van der Waals surface area contributed by atoms with Gasteiger partial charge in [-0.2, -0.15) is 0 Å². The Labute approximate surface area is 242 Å². The van der Waals surface area contributed by atoms with E-state index in [-0.39, 0.29) is 47.7 Å². The second-order valence-corrected chi connectivity index (χ2v) is 12.7. The van der Waals surface area contributed by atoms with Crippen molar-refractivity contribution in [2.75, 3.05) is 18.9 Å². The zero-order valence-corrected chi connectivity index (χ0v) is 26.0. The number of nitrogens with one attached hydrogen (secondary N) is 2. The fraction of sp³-hybridized carbons (Fsp3) is 0.667. The third-order valence-corrected chi connectivity index (χ3v) is 8.64. The van der Waals surface area contributed by atoms with Crippen LogP contribution >= 0.6 is 0 Å². The molecule has 3 rings (SSSR count). The van der Waals surface area contributed by atoms with Crippen molar-refractivity contribution in [1.29, 1.82) is 0 Å². The lowest BCUT2D eigenvalue weighted by Gasteiger charge is -2.39. The molecule has 1 aliphatic carbocycles. The Morgan fingerprint density at radius 3 is 2.33 bits per heavy atom. The fourth-order valence-electron chi connectivity index (χ4n) is 6.19. The Bertz CT molecular complexity index is 1080.